The van der Waals surface area contributed by atoms with Gasteiger partial charge in [0.05, 0.1) is 0 Å². The van der Waals surface area contributed by atoms with Gasteiger partial charge in [-0.1, -0.05) is 13.3 Å². The molecule has 0 saturated carbocycles. The Morgan fingerprint density at radius 3 is 2.81 bits per heavy atom. The molecule has 1 aromatic rings. The molecule has 7 heteroatoms. The molecule has 118 valence electrons. The highest BCUT2D eigenvalue weighted by Crippen LogP contribution is 2.28. The highest BCUT2D eigenvalue weighted by Gasteiger charge is 2.33. The fourth-order valence-corrected chi connectivity index (χ4v) is 2.55. The fraction of sp³-hybridized carbons (Fsp3) is 0.714. The smallest absolute Gasteiger partial charge is 0.339 e. The minimum atomic E-state index is -4.43. The van der Waals surface area contributed by atoms with Crippen molar-refractivity contribution in [1.29, 1.82) is 0 Å². The second kappa shape index (κ2) is 7.06. The van der Waals surface area contributed by atoms with E-state index in [0.29, 0.717) is 19.1 Å². The Morgan fingerprint density at radius 1 is 1.38 bits per heavy atom. The third kappa shape index (κ3) is 4.56. The number of aromatic nitrogens is 2. The Bertz CT molecular complexity index is 444. The lowest BCUT2D eigenvalue weighted by molar-refractivity contribution is -0.141. The van der Waals surface area contributed by atoms with Crippen molar-refractivity contribution in [2.24, 2.45) is 0 Å². The Kier molecular flexibility index (Phi) is 5.39. The third-order valence-corrected chi connectivity index (χ3v) is 3.56. The summed E-state index contributed by atoms with van der Waals surface area (Å²) in [6, 6.07) is 1.20. The number of hydrogen-bond acceptors (Lipinski definition) is 4. The van der Waals surface area contributed by atoms with Gasteiger partial charge in [-0.25, -0.2) is 9.97 Å². The van der Waals surface area contributed by atoms with Gasteiger partial charge in [-0.2, -0.15) is 13.2 Å². The van der Waals surface area contributed by atoms with Gasteiger partial charge in [0.1, 0.15) is 5.69 Å². The van der Waals surface area contributed by atoms with Crippen LogP contribution in [0.25, 0.3) is 0 Å². The van der Waals surface area contributed by atoms with Gasteiger partial charge in [0.2, 0.25) is 5.95 Å². The van der Waals surface area contributed by atoms with Gasteiger partial charge >= 0.3 is 6.18 Å². The minimum absolute atomic E-state index is 0.166. The molecule has 2 rings (SSSR count). The molecule has 0 amide bonds. The molecular weight excluding hydrogens is 281 g/mol. The van der Waals surface area contributed by atoms with Crippen molar-refractivity contribution in [1.82, 2.24) is 15.3 Å². The molecule has 1 aliphatic heterocycles. The van der Waals surface area contributed by atoms with Crippen molar-refractivity contribution in [2.45, 2.75) is 44.8 Å². The molecule has 1 aliphatic rings. The quantitative estimate of drug-likeness (QED) is 0.908. The van der Waals surface area contributed by atoms with Crippen molar-refractivity contribution >= 4 is 5.95 Å². The molecule has 0 radical (unpaired) electrons. The van der Waals surface area contributed by atoms with Crippen molar-refractivity contribution in [3.8, 4) is 0 Å². The summed E-state index contributed by atoms with van der Waals surface area (Å²) in [5.41, 5.74) is -0.884. The van der Waals surface area contributed by atoms with Crippen LogP contribution in [-0.4, -0.2) is 35.6 Å². The number of nitrogens with zero attached hydrogens (tertiary/aromatic N) is 3. The molecule has 0 bridgehead atoms. The average Bonchev–Trinajstić information content (AvgIpc) is 2.47. The third-order valence-electron chi connectivity index (χ3n) is 3.56. The summed E-state index contributed by atoms with van der Waals surface area (Å²) in [6.07, 6.45) is 0.942. The van der Waals surface area contributed by atoms with Crippen molar-refractivity contribution in [2.75, 3.05) is 24.5 Å². The van der Waals surface area contributed by atoms with Crippen LogP contribution < -0.4 is 10.2 Å². The second-order valence-corrected chi connectivity index (χ2v) is 5.33. The zero-order valence-corrected chi connectivity index (χ0v) is 12.2. The molecule has 0 spiro atoms. The lowest BCUT2D eigenvalue weighted by atomic mass is 10.0. The van der Waals surface area contributed by atoms with Crippen LogP contribution in [0.2, 0.25) is 0 Å². The predicted octanol–water partition coefficient (Wildman–Crippen LogP) is 2.85. The number of halogens is 3. The maximum atomic E-state index is 12.8. The predicted molar refractivity (Wildman–Crippen MR) is 75.2 cm³/mol. The lowest BCUT2D eigenvalue weighted by Gasteiger charge is -2.30. The monoisotopic (exact) mass is 302 g/mol. The van der Waals surface area contributed by atoms with E-state index in [-0.39, 0.29) is 5.95 Å². The molecule has 0 aliphatic carbocycles. The van der Waals surface area contributed by atoms with Gasteiger partial charge < -0.3 is 10.2 Å². The van der Waals surface area contributed by atoms with Gasteiger partial charge in [-0.05, 0) is 31.9 Å². The zero-order chi connectivity index (χ0) is 15.3. The van der Waals surface area contributed by atoms with Gasteiger partial charge in [-0.15, -0.1) is 0 Å². The summed E-state index contributed by atoms with van der Waals surface area (Å²) in [7, 11) is 0. The summed E-state index contributed by atoms with van der Waals surface area (Å²) >= 11 is 0. The minimum Gasteiger partial charge on any atom is -0.339 e. The molecule has 1 saturated heterocycles. The average molecular weight is 302 g/mol. The first kappa shape index (κ1) is 16.0. The number of alkyl halides is 3. The van der Waals surface area contributed by atoms with E-state index in [1.165, 1.54) is 6.20 Å². The Labute approximate surface area is 122 Å². The second-order valence-electron chi connectivity index (χ2n) is 5.33. The van der Waals surface area contributed by atoms with Crippen LogP contribution in [0.15, 0.2) is 12.3 Å². The maximum absolute atomic E-state index is 12.8. The van der Waals surface area contributed by atoms with Crippen LogP contribution >= 0.6 is 0 Å². The molecule has 21 heavy (non-hydrogen) atoms. The van der Waals surface area contributed by atoms with Crippen molar-refractivity contribution < 1.29 is 13.2 Å². The lowest BCUT2D eigenvalue weighted by Crippen LogP contribution is -2.44. The van der Waals surface area contributed by atoms with Crippen LogP contribution in [0.3, 0.4) is 0 Å². The molecule has 1 N–H and O–H groups in total. The summed E-state index contributed by atoms with van der Waals surface area (Å²) in [5.74, 6) is 0.166. The van der Waals surface area contributed by atoms with Crippen molar-refractivity contribution in [3.63, 3.8) is 0 Å². The van der Waals surface area contributed by atoms with Crippen LogP contribution in [-0.2, 0) is 6.18 Å². The van der Waals surface area contributed by atoms with Gasteiger partial charge in [0.15, 0.2) is 0 Å². The zero-order valence-electron chi connectivity index (χ0n) is 12.2. The van der Waals surface area contributed by atoms with E-state index in [2.05, 4.69) is 15.3 Å². The Balaban J connectivity index is 2.13. The number of hydrogen-bond donors (Lipinski definition) is 1. The highest BCUT2D eigenvalue weighted by molar-refractivity contribution is 5.31. The summed E-state index contributed by atoms with van der Waals surface area (Å²) < 4.78 is 38.3. The first-order valence-electron chi connectivity index (χ1n) is 7.39. The molecule has 0 aromatic carbocycles. The molecule has 1 fully saturated rings. The van der Waals surface area contributed by atoms with Crippen molar-refractivity contribution in [3.05, 3.63) is 18.0 Å². The molecule has 1 aromatic heterocycles. The van der Waals surface area contributed by atoms with E-state index in [0.717, 1.165) is 38.3 Å². The number of rotatable bonds is 5. The van der Waals surface area contributed by atoms with Crippen LogP contribution in [0.4, 0.5) is 19.1 Å². The van der Waals surface area contributed by atoms with Crippen LogP contribution in [0.1, 0.15) is 38.3 Å². The van der Waals surface area contributed by atoms with E-state index in [1.54, 1.807) is 0 Å². The molecular formula is C14H21F3N4. The maximum Gasteiger partial charge on any atom is 0.433 e. The standard InChI is InChI=1S/C14H21F3N4/c1-2-9-21(10-11-5-3-4-7-18-11)13-19-8-6-12(20-13)14(15,16)17/h6,8,11,18H,2-5,7,9-10H2,1H3. The number of piperidine rings is 1. The molecule has 2 heterocycles. The summed E-state index contributed by atoms with van der Waals surface area (Å²) in [4.78, 5) is 9.56. The SMILES string of the molecule is CCCN(CC1CCCCN1)c1nccc(C(F)(F)F)n1. The van der Waals surface area contributed by atoms with Gasteiger partial charge in [0, 0.05) is 25.3 Å². The fourth-order valence-electron chi connectivity index (χ4n) is 2.55. The highest BCUT2D eigenvalue weighted by atomic mass is 19.4. The first-order chi connectivity index (χ1) is 10.0. The Hall–Kier alpha value is -1.37. The first-order valence-corrected chi connectivity index (χ1v) is 7.39. The summed E-state index contributed by atoms with van der Waals surface area (Å²) in [6.45, 7) is 4.26. The van der Waals surface area contributed by atoms with E-state index in [1.807, 2.05) is 11.8 Å². The van der Waals surface area contributed by atoms with E-state index >= 15 is 0 Å². The Morgan fingerprint density at radius 2 is 2.19 bits per heavy atom. The number of anilines is 1. The summed E-state index contributed by atoms with van der Waals surface area (Å²) in [5, 5.41) is 3.40. The van der Waals surface area contributed by atoms with E-state index in [4.69, 9.17) is 0 Å². The molecule has 4 nitrogen and oxygen atoms in total. The van der Waals surface area contributed by atoms with Crippen LogP contribution in [0.5, 0.6) is 0 Å². The topological polar surface area (TPSA) is 41.0 Å². The van der Waals surface area contributed by atoms with Crippen LogP contribution in [0, 0.1) is 0 Å². The molecule has 1 atom stereocenters. The molecule has 1 unspecified atom stereocenters. The normalized spacial score (nSPS) is 19.5. The van der Waals surface area contributed by atoms with E-state index < -0.39 is 11.9 Å². The van der Waals surface area contributed by atoms with Gasteiger partial charge in [-0.3, -0.25) is 0 Å². The van der Waals surface area contributed by atoms with E-state index in [9.17, 15) is 13.2 Å². The largest absolute Gasteiger partial charge is 0.433 e. The number of nitrogens with one attached hydrogen (secondary N) is 1. The van der Waals surface area contributed by atoms with Gasteiger partial charge in [0.25, 0.3) is 0 Å².